The van der Waals surface area contributed by atoms with Crippen LogP contribution in [0.5, 0.6) is 0 Å². The summed E-state index contributed by atoms with van der Waals surface area (Å²) in [4.78, 5) is 29.3. The fourth-order valence-corrected chi connectivity index (χ4v) is 3.46. The first-order valence-electron chi connectivity index (χ1n) is 8.97. The number of nitrogens with one attached hydrogen (secondary N) is 1. The molecule has 1 N–H and O–H groups in total. The smallest absolute Gasteiger partial charge is 0.326 e. The van der Waals surface area contributed by atoms with E-state index in [1.54, 1.807) is 57.2 Å². The van der Waals surface area contributed by atoms with Gasteiger partial charge in [0.05, 0.1) is 26.8 Å². The maximum Gasteiger partial charge on any atom is 0.326 e. The average molecular weight is 445 g/mol. The zero-order valence-corrected chi connectivity index (χ0v) is 18.0. The van der Waals surface area contributed by atoms with Crippen LogP contribution in [0.4, 0.5) is 5.69 Å². The molecule has 9 heteroatoms. The molecule has 7 nitrogen and oxygen atoms in total. The Kier molecular flexibility index (Phi) is 6.01. The molecular formula is C21H18Cl2N4O3. The lowest BCUT2D eigenvalue weighted by Gasteiger charge is -2.19. The molecule has 0 bridgehead atoms. The topological polar surface area (TPSA) is 97.0 Å². The first kappa shape index (κ1) is 21.6. The summed E-state index contributed by atoms with van der Waals surface area (Å²) in [5.41, 5.74) is 0.683. The Bertz CT molecular complexity index is 1170. The maximum atomic E-state index is 12.7. The molecule has 3 aromatic rings. The zero-order chi connectivity index (χ0) is 22.1. The van der Waals surface area contributed by atoms with Gasteiger partial charge in [0.1, 0.15) is 23.7 Å². The van der Waals surface area contributed by atoms with E-state index in [1.807, 2.05) is 6.07 Å². The van der Waals surface area contributed by atoms with E-state index in [2.05, 4.69) is 10.3 Å². The van der Waals surface area contributed by atoms with Crippen LogP contribution in [0.25, 0.3) is 11.0 Å². The monoisotopic (exact) mass is 444 g/mol. The van der Waals surface area contributed by atoms with Crippen molar-refractivity contribution in [1.29, 1.82) is 5.26 Å². The molecule has 0 atom stereocenters. The van der Waals surface area contributed by atoms with Gasteiger partial charge in [-0.15, -0.1) is 0 Å². The number of carbonyl (C=O) groups is 2. The average Bonchev–Trinajstić information content (AvgIpc) is 2.98. The van der Waals surface area contributed by atoms with E-state index in [4.69, 9.17) is 27.9 Å². The lowest BCUT2D eigenvalue weighted by atomic mass is 10.2. The van der Waals surface area contributed by atoms with Crippen molar-refractivity contribution in [2.45, 2.75) is 32.9 Å². The molecule has 154 valence electrons. The van der Waals surface area contributed by atoms with Crippen molar-refractivity contribution in [3.8, 4) is 6.07 Å². The number of esters is 1. The van der Waals surface area contributed by atoms with Crippen molar-refractivity contribution in [3.05, 3.63) is 57.8 Å². The predicted octanol–water partition coefficient (Wildman–Crippen LogP) is 4.81. The predicted molar refractivity (Wildman–Crippen MR) is 115 cm³/mol. The van der Waals surface area contributed by atoms with Crippen molar-refractivity contribution < 1.29 is 14.3 Å². The number of fused-ring (bicyclic) bond motifs is 1. The molecule has 0 aliphatic carbocycles. The number of hydrogen-bond donors (Lipinski definition) is 1. The first-order chi connectivity index (χ1) is 14.1. The summed E-state index contributed by atoms with van der Waals surface area (Å²) in [5.74, 6) is -0.998. The van der Waals surface area contributed by atoms with Crippen molar-refractivity contribution >= 4 is 51.8 Å². The van der Waals surface area contributed by atoms with Crippen LogP contribution in [0.15, 0.2) is 36.4 Å². The van der Waals surface area contributed by atoms with Crippen LogP contribution in [0, 0.1) is 11.3 Å². The molecule has 0 spiro atoms. The number of anilines is 1. The molecular weight excluding hydrogens is 427 g/mol. The van der Waals surface area contributed by atoms with Gasteiger partial charge >= 0.3 is 5.97 Å². The molecule has 0 aliphatic heterocycles. The minimum atomic E-state index is -0.659. The van der Waals surface area contributed by atoms with Crippen LogP contribution in [-0.2, 0) is 16.1 Å². The lowest BCUT2D eigenvalue weighted by Crippen LogP contribution is -2.26. The third-order valence-corrected chi connectivity index (χ3v) is 4.65. The Balaban J connectivity index is 1.99. The van der Waals surface area contributed by atoms with Gasteiger partial charge in [-0.05, 0) is 45.0 Å². The number of ether oxygens (including phenoxy) is 1. The van der Waals surface area contributed by atoms with Gasteiger partial charge in [-0.3, -0.25) is 9.59 Å². The second-order valence-electron chi connectivity index (χ2n) is 7.44. The number of amides is 1. The van der Waals surface area contributed by atoms with Gasteiger partial charge in [0.15, 0.2) is 0 Å². The van der Waals surface area contributed by atoms with Crippen LogP contribution >= 0.6 is 23.2 Å². The fraction of sp³-hybridized carbons (Fsp3) is 0.238. The van der Waals surface area contributed by atoms with Gasteiger partial charge < -0.3 is 14.6 Å². The number of carbonyl (C=O) groups excluding carboxylic acids is 2. The van der Waals surface area contributed by atoms with Gasteiger partial charge in [0.2, 0.25) is 5.82 Å². The summed E-state index contributed by atoms with van der Waals surface area (Å²) in [5, 5.41) is 12.6. The highest BCUT2D eigenvalue weighted by Crippen LogP contribution is 2.28. The number of nitriles is 1. The number of rotatable bonds is 4. The van der Waals surface area contributed by atoms with Gasteiger partial charge in [-0.25, -0.2) is 4.98 Å². The third-order valence-electron chi connectivity index (χ3n) is 4.02. The van der Waals surface area contributed by atoms with E-state index in [1.165, 1.54) is 4.57 Å². The Labute approximate surface area is 183 Å². The van der Waals surface area contributed by atoms with E-state index >= 15 is 0 Å². The molecule has 0 fully saturated rings. The van der Waals surface area contributed by atoms with Crippen LogP contribution in [-0.4, -0.2) is 27.0 Å². The van der Waals surface area contributed by atoms with Crippen LogP contribution in [0.3, 0.4) is 0 Å². The highest BCUT2D eigenvalue weighted by Gasteiger charge is 2.22. The fourth-order valence-electron chi connectivity index (χ4n) is 2.90. The number of nitrogens with zero attached hydrogens (tertiary/aromatic N) is 3. The van der Waals surface area contributed by atoms with E-state index in [-0.39, 0.29) is 28.0 Å². The summed E-state index contributed by atoms with van der Waals surface area (Å²) in [6.07, 6.45) is 0. The summed E-state index contributed by atoms with van der Waals surface area (Å²) >= 11 is 12.2. The number of imidazole rings is 1. The summed E-state index contributed by atoms with van der Waals surface area (Å²) in [6, 6.07) is 11.8. The summed E-state index contributed by atoms with van der Waals surface area (Å²) < 4.78 is 6.79. The normalized spacial score (nSPS) is 11.2. The zero-order valence-electron chi connectivity index (χ0n) is 16.5. The first-order valence-corrected chi connectivity index (χ1v) is 9.73. The van der Waals surface area contributed by atoms with Crippen LogP contribution in [0.1, 0.15) is 37.0 Å². The molecule has 1 amide bonds. The van der Waals surface area contributed by atoms with Crippen molar-refractivity contribution in [2.24, 2.45) is 0 Å². The van der Waals surface area contributed by atoms with E-state index in [0.29, 0.717) is 16.7 Å². The number of benzene rings is 2. The highest BCUT2D eigenvalue weighted by molar-refractivity contribution is 6.40. The Morgan fingerprint density at radius 2 is 1.80 bits per heavy atom. The molecule has 30 heavy (non-hydrogen) atoms. The second-order valence-corrected chi connectivity index (χ2v) is 8.26. The van der Waals surface area contributed by atoms with Crippen LogP contribution < -0.4 is 5.32 Å². The van der Waals surface area contributed by atoms with E-state index in [9.17, 15) is 14.9 Å². The van der Waals surface area contributed by atoms with Gasteiger partial charge in [0.25, 0.3) is 5.91 Å². The van der Waals surface area contributed by atoms with Crippen molar-refractivity contribution in [1.82, 2.24) is 9.55 Å². The molecule has 0 saturated carbocycles. The van der Waals surface area contributed by atoms with E-state index in [0.717, 1.165) is 0 Å². The standard InChI is InChI=1S/C21H18Cl2N4O3/c1-21(2,3)30-17(28)11-27-15-9-5-8-14(19(15)26-16(27)10-24)25-20(29)18-12(22)6-4-7-13(18)23/h4-9H,11H2,1-3H3,(H,25,29). The van der Waals surface area contributed by atoms with Crippen molar-refractivity contribution in [2.75, 3.05) is 5.32 Å². The van der Waals surface area contributed by atoms with Gasteiger partial charge in [-0.1, -0.05) is 35.3 Å². The molecule has 1 heterocycles. The van der Waals surface area contributed by atoms with Crippen LogP contribution in [0.2, 0.25) is 10.0 Å². The highest BCUT2D eigenvalue weighted by atomic mass is 35.5. The molecule has 2 aromatic carbocycles. The van der Waals surface area contributed by atoms with Crippen molar-refractivity contribution in [3.63, 3.8) is 0 Å². The quantitative estimate of drug-likeness (QED) is 0.582. The molecule has 1 aromatic heterocycles. The van der Waals surface area contributed by atoms with Gasteiger partial charge in [-0.2, -0.15) is 5.26 Å². The summed E-state index contributed by atoms with van der Waals surface area (Å²) in [6.45, 7) is 5.09. The number of hydrogen-bond acceptors (Lipinski definition) is 5. The Morgan fingerprint density at radius 1 is 1.17 bits per heavy atom. The Morgan fingerprint density at radius 3 is 2.40 bits per heavy atom. The molecule has 0 radical (unpaired) electrons. The Hall–Kier alpha value is -3.08. The second kappa shape index (κ2) is 8.34. The van der Waals surface area contributed by atoms with E-state index < -0.39 is 17.5 Å². The largest absolute Gasteiger partial charge is 0.459 e. The molecule has 0 unspecified atom stereocenters. The lowest BCUT2D eigenvalue weighted by molar-refractivity contribution is -0.155. The third kappa shape index (κ3) is 4.56. The molecule has 0 aliphatic rings. The minimum absolute atomic E-state index is 0.0216. The molecule has 0 saturated heterocycles. The number of aromatic nitrogens is 2. The molecule has 3 rings (SSSR count). The SMILES string of the molecule is CC(C)(C)OC(=O)Cn1c(C#N)nc2c(NC(=O)c3c(Cl)cccc3Cl)cccc21. The minimum Gasteiger partial charge on any atom is -0.459 e. The number of para-hydroxylation sites is 1. The maximum absolute atomic E-state index is 12.7. The van der Waals surface area contributed by atoms with Gasteiger partial charge in [0, 0.05) is 0 Å². The summed E-state index contributed by atoms with van der Waals surface area (Å²) in [7, 11) is 0. The number of halogens is 2.